The van der Waals surface area contributed by atoms with Crippen molar-refractivity contribution in [2.75, 3.05) is 26.0 Å². The molecule has 1 saturated carbocycles. The number of urea groups is 1. The SMILES string of the molecule is COc1cc(C23CCC(NC(=O)Nc4ccc(F)c(F)c4)CC2N(C)CC3)ccc1O. The third-order valence-corrected chi connectivity index (χ3v) is 6.79. The van der Waals surface area contributed by atoms with Crippen LogP contribution in [0.2, 0.25) is 0 Å². The van der Waals surface area contributed by atoms with Gasteiger partial charge in [0.05, 0.1) is 7.11 Å². The van der Waals surface area contributed by atoms with E-state index in [1.54, 1.807) is 13.2 Å². The van der Waals surface area contributed by atoms with Gasteiger partial charge in [0.25, 0.3) is 0 Å². The number of halogens is 2. The number of methoxy groups -OCH3 is 1. The molecule has 166 valence electrons. The molecule has 2 fully saturated rings. The Morgan fingerprint density at radius 3 is 2.74 bits per heavy atom. The van der Waals surface area contributed by atoms with Gasteiger partial charge in [-0.1, -0.05) is 6.07 Å². The molecule has 0 aromatic heterocycles. The predicted molar refractivity (Wildman–Crippen MR) is 114 cm³/mol. The molecule has 1 aliphatic heterocycles. The summed E-state index contributed by atoms with van der Waals surface area (Å²) >= 11 is 0. The Kier molecular flexibility index (Phi) is 5.75. The number of rotatable bonds is 4. The number of hydrogen-bond donors (Lipinski definition) is 3. The van der Waals surface area contributed by atoms with Crippen LogP contribution in [0.5, 0.6) is 11.5 Å². The summed E-state index contributed by atoms with van der Waals surface area (Å²) in [6, 6.07) is 8.59. The van der Waals surface area contributed by atoms with Crippen molar-refractivity contribution in [3.05, 3.63) is 53.6 Å². The van der Waals surface area contributed by atoms with Gasteiger partial charge in [0.1, 0.15) is 0 Å². The van der Waals surface area contributed by atoms with Crippen molar-refractivity contribution in [3.8, 4) is 11.5 Å². The van der Waals surface area contributed by atoms with E-state index in [2.05, 4.69) is 22.6 Å². The summed E-state index contributed by atoms with van der Waals surface area (Å²) in [4.78, 5) is 14.7. The number of likely N-dealkylation sites (N-methyl/N-ethyl adjacent to an activating group) is 1. The van der Waals surface area contributed by atoms with Crippen LogP contribution >= 0.6 is 0 Å². The highest BCUT2D eigenvalue weighted by Crippen LogP contribution is 2.49. The van der Waals surface area contributed by atoms with E-state index in [4.69, 9.17) is 4.74 Å². The minimum absolute atomic E-state index is 0.0389. The zero-order valence-electron chi connectivity index (χ0n) is 17.6. The van der Waals surface area contributed by atoms with Crippen molar-refractivity contribution >= 4 is 11.7 Å². The molecule has 2 amide bonds. The number of fused-ring (bicyclic) bond motifs is 1. The fourth-order valence-corrected chi connectivity index (χ4v) is 5.16. The molecule has 3 unspecified atom stereocenters. The van der Waals surface area contributed by atoms with E-state index in [-0.39, 0.29) is 28.9 Å². The minimum atomic E-state index is -1.00. The Morgan fingerprint density at radius 2 is 2.00 bits per heavy atom. The predicted octanol–water partition coefficient (Wildman–Crippen LogP) is 4.00. The molecule has 0 bridgehead atoms. The molecule has 2 aromatic carbocycles. The lowest BCUT2D eigenvalue weighted by Crippen LogP contribution is -2.52. The molecule has 3 N–H and O–H groups in total. The second-order valence-corrected chi connectivity index (χ2v) is 8.49. The number of likely N-dealkylation sites (tertiary alicyclic amines) is 1. The standard InChI is InChI=1S/C23H27F2N3O3/c1-28-10-9-23(14-3-6-19(29)20(11-14)31-2)8-7-16(13-21(23)28)27-22(30)26-15-4-5-17(24)18(25)12-15/h3-6,11-12,16,21,29H,7-10,13H2,1-2H3,(H2,26,27,30). The number of amides is 2. The summed E-state index contributed by atoms with van der Waals surface area (Å²) in [6.45, 7) is 0.946. The molecular weight excluding hydrogens is 404 g/mol. The largest absolute Gasteiger partial charge is 0.504 e. The smallest absolute Gasteiger partial charge is 0.319 e. The van der Waals surface area contributed by atoms with Crippen LogP contribution < -0.4 is 15.4 Å². The van der Waals surface area contributed by atoms with E-state index in [1.165, 1.54) is 6.07 Å². The van der Waals surface area contributed by atoms with Crippen LogP contribution in [-0.2, 0) is 5.41 Å². The van der Waals surface area contributed by atoms with Crippen molar-refractivity contribution in [1.82, 2.24) is 10.2 Å². The number of benzene rings is 2. The fraction of sp³-hybridized carbons (Fsp3) is 0.435. The maximum atomic E-state index is 13.4. The Morgan fingerprint density at radius 1 is 1.19 bits per heavy atom. The van der Waals surface area contributed by atoms with Crippen LogP contribution in [-0.4, -0.2) is 48.8 Å². The first-order chi connectivity index (χ1) is 14.8. The molecule has 1 heterocycles. The Hall–Kier alpha value is -2.87. The third kappa shape index (κ3) is 4.04. The van der Waals surface area contributed by atoms with E-state index in [0.29, 0.717) is 5.75 Å². The van der Waals surface area contributed by atoms with Crippen molar-refractivity contribution in [3.63, 3.8) is 0 Å². The van der Waals surface area contributed by atoms with Crippen molar-refractivity contribution in [1.29, 1.82) is 0 Å². The van der Waals surface area contributed by atoms with Gasteiger partial charge >= 0.3 is 6.03 Å². The van der Waals surface area contributed by atoms with E-state index >= 15 is 0 Å². The number of ether oxygens (including phenoxy) is 1. The first kappa shape index (κ1) is 21.4. The minimum Gasteiger partial charge on any atom is -0.504 e. The van der Waals surface area contributed by atoms with E-state index < -0.39 is 17.7 Å². The molecule has 4 rings (SSSR count). The first-order valence-corrected chi connectivity index (χ1v) is 10.4. The number of anilines is 1. The van der Waals surface area contributed by atoms with E-state index in [9.17, 15) is 18.7 Å². The second kappa shape index (κ2) is 8.34. The molecule has 0 radical (unpaired) electrons. The number of phenols is 1. The molecule has 6 nitrogen and oxygen atoms in total. The van der Waals surface area contributed by atoms with Gasteiger partial charge in [0.2, 0.25) is 0 Å². The van der Waals surface area contributed by atoms with Crippen LogP contribution in [0.1, 0.15) is 31.2 Å². The molecule has 0 spiro atoms. The first-order valence-electron chi connectivity index (χ1n) is 10.4. The van der Waals surface area contributed by atoms with Gasteiger partial charge in [0.15, 0.2) is 23.1 Å². The highest BCUT2D eigenvalue weighted by atomic mass is 19.2. The van der Waals surface area contributed by atoms with Crippen molar-refractivity contribution < 1.29 is 23.4 Å². The van der Waals surface area contributed by atoms with Gasteiger partial charge in [0, 0.05) is 29.3 Å². The topological polar surface area (TPSA) is 73.8 Å². The van der Waals surface area contributed by atoms with Crippen LogP contribution in [0, 0.1) is 11.6 Å². The van der Waals surface area contributed by atoms with Crippen LogP contribution in [0.3, 0.4) is 0 Å². The maximum Gasteiger partial charge on any atom is 0.319 e. The average molecular weight is 431 g/mol. The van der Waals surface area contributed by atoms with Gasteiger partial charge in [-0.3, -0.25) is 0 Å². The Balaban J connectivity index is 1.47. The highest BCUT2D eigenvalue weighted by molar-refractivity contribution is 5.89. The van der Waals surface area contributed by atoms with Crippen LogP contribution in [0.25, 0.3) is 0 Å². The second-order valence-electron chi connectivity index (χ2n) is 8.49. The lowest BCUT2D eigenvalue weighted by atomic mass is 9.65. The molecule has 1 aliphatic carbocycles. The summed E-state index contributed by atoms with van der Waals surface area (Å²) in [5.74, 6) is -1.37. The van der Waals surface area contributed by atoms with Crippen LogP contribution in [0.4, 0.5) is 19.3 Å². The molecule has 31 heavy (non-hydrogen) atoms. The average Bonchev–Trinajstić information content (AvgIpc) is 3.08. The number of nitrogens with zero attached hydrogens (tertiary/aromatic N) is 1. The fourth-order valence-electron chi connectivity index (χ4n) is 5.16. The summed E-state index contributed by atoms with van der Waals surface area (Å²) in [5.41, 5.74) is 1.28. The zero-order valence-corrected chi connectivity index (χ0v) is 17.6. The third-order valence-electron chi connectivity index (χ3n) is 6.79. The molecular formula is C23H27F2N3O3. The number of carbonyl (C=O) groups is 1. The molecule has 1 saturated heterocycles. The quantitative estimate of drug-likeness (QED) is 0.684. The summed E-state index contributed by atoms with van der Waals surface area (Å²) in [5, 5.41) is 15.5. The summed E-state index contributed by atoms with van der Waals surface area (Å²) < 4.78 is 31.8. The van der Waals surface area contributed by atoms with Crippen LogP contribution in [0.15, 0.2) is 36.4 Å². The van der Waals surface area contributed by atoms with Gasteiger partial charge in [-0.25, -0.2) is 13.6 Å². The van der Waals surface area contributed by atoms with Gasteiger partial charge in [-0.05, 0) is 69.1 Å². The molecule has 2 aliphatic rings. The number of carbonyl (C=O) groups excluding carboxylic acids is 1. The monoisotopic (exact) mass is 431 g/mol. The van der Waals surface area contributed by atoms with Gasteiger partial charge in [-0.2, -0.15) is 0 Å². The lowest BCUT2D eigenvalue weighted by Gasteiger charge is -2.45. The molecule has 8 heteroatoms. The van der Waals surface area contributed by atoms with Gasteiger partial charge in [-0.15, -0.1) is 0 Å². The number of nitrogens with one attached hydrogen (secondary N) is 2. The van der Waals surface area contributed by atoms with Gasteiger partial charge < -0.3 is 25.4 Å². The number of aromatic hydroxyl groups is 1. The number of phenolic OH excluding ortho intramolecular Hbond substituents is 1. The Labute approximate surface area is 180 Å². The number of hydrogen-bond acceptors (Lipinski definition) is 4. The normalized spacial score (nSPS) is 25.7. The van der Waals surface area contributed by atoms with E-state index in [1.807, 2.05) is 12.1 Å². The maximum absolute atomic E-state index is 13.4. The van der Waals surface area contributed by atoms with Crippen molar-refractivity contribution in [2.24, 2.45) is 0 Å². The Bertz CT molecular complexity index is 987. The highest BCUT2D eigenvalue weighted by Gasteiger charge is 2.50. The van der Waals surface area contributed by atoms with E-state index in [0.717, 1.165) is 49.9 Å². The lowest BCUT2D eigenvalue weighted by molar-refractivity contribution is 0.156. The molecule has 2 aromatic rings. The van der Waals surface area contributed by atoms with Crippen molar-refractivity contribution in [2.45, 2.75) is 43.2 Å². The molecule has 3 atom stereocenters. The zero-order chi connectivity index (χ0) is 22.2. The summed E-state index contributed by atoms with van der Waals surface area (Å²) in [6.07, 6.45) is 3.44. The summed E-state index contributed by atoms with van der Waals surface area (Å²) in [7, 11) is 3.63.